The highest BCUT2D eigenvalue weighted by Gasteiger charge is 2.27. The molecule has 1 aliphatic rings. The van der Waals surface area contributed by atoms with Crippen molar-refractivity contribution in [2.75, 3.05) is 19.3 Å². The van der Waals surface area contributed by atoms with Gasteiger partial charge in [0.05, 0.1) is 11.4 Å². The van der Waals surface area contributed by atoms with Gasteiger partial charge in [-0.25, -0.2) is 8.42 Å². The van der Waals surface area contributed by atoms with Gasteiger partial charge in [-0.05, 0) is 47.0 Å². The lowest BCUT2D eigenvalue weighted by molar-refractivity contribution is -0.121. The van der Waals surface area contributed by atoms with Crippen LogP contribution in [-0.4, -0.2) is 38.3 Å². The molecule has 0 aliphatic heterocycles. The average Bonchev–Trinajstić information content (AvgIpc) is 3.16. The van der Waals surface area contributed by atoms with Gasteiger partial charge in [0.2, 0.25) is 15.9 Å². The molecule has 1 saturated carbocycles. The zero-order valence-corrected chi connectivity index (χ0v) is 13.4. The number of nitrogens with two attached hydrogens (primary N) is 1. The summed E-state index contributed by atoms with van der Waals surface area (Å²) in [4.78, 5) is 11.8. The summed E-state index contributed by atoms with van der Waals surface area (Å²) in [5, 5.41) is 2.75. The van der Waals surface area contributed by atoms with Crippen LogP contribution >= 0.6 is 15.9 Å². The number of halogens is 1. The first kappa shape index (κ1) is 15.3. The number of nitrogen functional groups attached to an aromatic ring is 1. The minimum atomic E-state index is -3.70. The molecule has 0 aromatic heterocycles. The zero-order chi connectivity index (χ0) is 14.9. The molecule has 20 heavy (non-hydrogen) atoms. The van der Waals surface area contributed by atoms with Gasteiger partial charge in [-0.15, -0.1) is 0 Å². The number of anilines is 1. The number of nitrogens with zero attached hydrogens (tertiary/aromatic N) is 1. The van der Waals surface area contributed by atoms with E-state index in [2.05, 4.69) is 21.2 Å². The predicted octanol–water partition coefficient (Wildman–Crippen LogP) is 0.930. The average molecular weight is 362 g/mol. The van der Waals surface area contributed by atoms with Gasteiger partial charge in [0.25, 0.3) is 0 Å². The number of carbonyl (C=O) groups excluding carboxylic acids is 1. The summed E-state index contributed by atoms with van der Waals surface area (Å²) in [6.45, 7) is -0.194. The molecular weight excluding hydrogens is 346 g/mol. The van der Waals surface area contributed by atoms with E-state index in [0.717, 1.165) is 17.1 Å². The molecule has 8 heteroatoms. The maximum Gasteiger partial charge on any atom is 0.243 e. The first-order valence-electron chi connectivity index (χ1n) is 6.11. The summed E-state index contributed by atoms with van der Waals surface area (Å²) in [5.74, 6) is -0.284. The van der Waals surface area contributed by atoms with Crippen molar-refractivity contribution in [3.8, 4) is 0 Å². The molecule has 6 nitrogen and oxygen atoms in total. The minimum absolute atomic E-state index is 0.0975. The smallest absolute Gasteiger partial charge is 0.243 e. The summed E-state index contributed by atoms with van der Waals surface area (Å²) in [7, 11) is -2.32. The maximum atomic E-state index is 12.3. The van der Waals surface area contributed by atoms with Gasteiger partial charge in [0, 0.05) is 23.2 Å². The normalized spacial score (nSPS) is 15.3. The van der Waals surface area contributed by atoms with E-state index in [1.807, 2.05) is 0 Å². The molecule has 2 rings (SSSR count). The van der Waals surface area contributed by atoms with Gasteiger partial charge in [0.15, 0.2) is 0 Å². The Balaban J connectivity index is 2.11. The Kier molecular flexibility index (Phi) is 4.36. The van der Waals surface area contributed by atoms with Crippen molar-refractivity contribution in [3.05, 3.63) is 22.7 Å². The number of hydrogen-bond acceptors (Lipinski definition) is 4. The third kappa shape index (κ3) is 3.50. The third-order valence-corrected chi connectivity index (χ3v) is 5.47. The lowest BCUT2D eigenvalue weighted by Crippen LogP contribution is -2.39. The number of nitrogens with one attached hydrogen (secondary N) is 1. The summed E-state index contributed by atoms with van der Waals surface area (Å²) in [5.41, 5.74) is 6.09. The fourth-order valence-corrected chi connectivity index (χ4v) is 3.32. The van der Waals surface area contributed by atoms with Crippen LogP contribution in [0.5, 0.6) is 0 Å². The standard InChI is InChI=1S/C12H16BrN3O3S/c1-16(7-12(17)15-8-2-3-8)20(18,19)9-4-5-11(14)10(13)6-9/h4-6,8H,2-3,7,14H2,1H3,(H,15,17). The lowest BCUT2D eigenvalue weighted by atomic mass is 10.3. The van der Waals surface area contributed by atoms with E-state index in [-0.39, 0.29) is 23.4 Å². The van der Waals surface area contributed by atoms with Crippen molar-refractivity contribution >= 4 is 37.5 Å². The summed E-state index contributed by atoms with van der Waals surface area (Å²) >= 11 is 3.19. The quantitative estimate of drug-likeness (QED) is 0.763. The molecule has 0 saturated heterocycles. The summed E-state index contributed by atoms with van der Waals surface area (Å²) < 4.78 is 26.2. The molecule has 0 unspecified atom stereocenters. The molecular formula is C12H16BrN3O3S. The Morgan fingerprint density at radius 3 is 2.70 bits per heavy atom. The molecule has 1 aromatic rings. The number of benzene rings is 1. The van der Waals surface area contributed by atoms with Gasteiger partial charge >= 0.3 is 0 Å². The molecule has 1 aliphatic carbocycles. The van der Waals surface area contributed by atoms with E-state index in [4.69, 9.17) is 5.73 Å². The van der Waals surface area contributed by atoms with Crippen LogP contribution < -0.4 is 11.1 Å². The van der Waals surface area contributed by atoms with E-state index in [1.165, 1.54) is 25.2 Å². The number of carbonyl (C=O) groups is 1. The van der Waals surface area contributed by atoms with Crippen LogP contribution in [-0.2, 0) is 14.8 Å². The number of hydrogen-bond donors (Lipinski definition) is 2. The Morgan fingerprint density at radius 2 is 2.15 bits per heavy atom. The Labute approximate surface area is 126 Å². The highest BCUT2D eigenvalue weighted by atomic mass is 79.9. The van der Waals surface area contributed by atoms with Crippen molar-refractivity contribution in [2.24, 2.45) is 0 Å². The third-order valence-electron chi connectivity index (χ3n) is 2.99. The fraction of sp³-hybridized carbons (Fsp3) is 0.417. The first-order valence-corrected chi connectivity index (χ1v) is 8.35. The fourth-order valence-electron chi connectivity index (χ4n) is 1.64. The zero-order valence-electron chi connectivity index (χ0n) is 11.0. The van der Waals surface area contributed by atoms with Crippen LogP contribution in [0.4, 0.5) is 5.69 Å². The van der Waals surface area contributed by atoms with E-state index >= 15 is 0 Å². The topological polar surface area (TPSA) is 92.5 Å². The second-order valence-corrected chi connectivity index (χ2v) is 7.69. The first-order chi connectivity index (χ1) is 9.30. The molecule has 1 aromatic carbocycles. The molecule has 0 bridgehead atoms. The molecule has 1 fully saturated rings. The Hall–Kier alpha value is -1.12. The van der Waals surface area contributed by atoms with Gasteiger partial charge in [-0.2, -0.15) is 4.31 Å². The predicted molar refractivity (Wildman–Crippen MR) is 79.5 cm³/mol. The summed E-state index contributed by atoms with van der Waals surface area (Å²) in [6.07, 6.45) is 1.93. The Morgan fingerprint density at radius 1 is 1.50 bits per heavy atom. The lowest BCUT2D eigenvalue weighted by Gasteiger charge is -2.17. The number of sulfonamides is 1. The van der Waals surface area contributed by atoms with Crippen molar-refractivity contribution in [1.29, 1.82) is 0 Å². The molecule has 0 heterocycles. The van der Waals surface area contributed by atoms with E-state index in [0.29, 0.717) is 10.2 Å². The summed E-state index contributed by atoms with van der Waals surface area (Å²) in [6, 6.07) is 4.57. The number of likely N-dealkylation sites (N-methyl/N-ethyl adjacent to an activating group) is 1. The van der Waals surface area contributed by atoms with Crippen molar-refractivity contribution in [3.63, 3.8) is 0 Å². The number of amides is 1. The molecule has 0 radical (unpaired) electrons. The maximum absolute atomic E-state index is 12.3. The van der Waals surface area contributed by atoms with Crippen LogP contribution in [0.3, 0.4) is 0 Å². The van der Waals surface area contributed by atoms with Gasteiger partial charge < -0.3 is 11.1 Å². The molecule has 110 valence electrons. The monoisotopic (exact) mass is 361 g/mol. The highest BCUT2D eigenvalue weighted by molar-refractivity contribution is 9.10. The van der Waals surface area contributed by atoms with Crippen LogP contribution in [0.25, 0.3) is 0 Å². The van der Waals surface area contributed by atoms with Crippen molar-refractivity contribution in [1.82, 2.24) is 9.62 Å². The second-order valence-electron chi connectivity index (χ2n) is 4.79. The Bertz CT molecular complexity index is 629. The minimum Gasteiger partial charge on any atom is -0.398 e. The van der Waals surface area contributed by atoms with Crippen LogP contribution in [0.15, 0.2) is 27.6 Å². The molecule has 0 atom stereocenters. The van der Waals surface area contributed by atoms with Crippen LogP contribution in [0.2, 0.25) is 0 Å². The van der Waals surface area contributed by atoms with Crippen molar-refractivity contribution < 1.29 is 13.2 Å². The van der Waals surface area contributed by atoms with Crippen molar-refractivity contribution in [2.45, 2.75) is 23.8 Å². The molecule has 3 N–H and O–H groups in total. The van der Waals surface area contributed by atoms with Gasteiger partial charge in [-0.3, -0.25) is 4.79 Å². The molecule has 1 amide bonds. The van der Waals surface area contributed by atoms with E-state index in [1.54, 1.807) is 0 Å². The molecule has 0 spiro atoms. The van der Waals surface area contributed by atoms with E-state index < -0.39 is 10.0 Å². The van der Waals surface area contributed by atoms with Gasteiger partial charge in [0.1, 0.15) is 0 Å². The number of rotatable bonds is 5. The van der Waals surface area contributed by atoms with Crippen LogP contribution in [0, 0.1) is 0 Å². The van der Waals surface area contributed by atoms with Crippen LogP contribution in [0.1, 0.15) is 12.8 Å². The second kappa shape index (κ2) is 5.71. The SMILES string of the molecule is CN(CC(=O)NC1CC1)S(=O)(=O)c1ccc(N)c(Br)c1. The largest absolute Gasteiger partial charge is 0.398 e. The van der Waals surface area contributed by atoms with E-state index in [9.17, 15) is 13.2 Å². The highest BCUT2D eigenvalue weighted by Crippen LogP contribution is 2.24. The van der Waals surface area contributed by atoms with Gasteiger partial charge in [-0.1, -0.05) is 0 Å².